The molecular formula is C14H12O2. The van der Waals surface area contributed by atoms with Crippen molar-refractivity contribution in [2.75, 3.05) is 0 Å². The summed E-state index contributed by atoms with van der Waals surface area (Å²) in [6, 6.07) is 6.65. The average molecular weight is 212 g/mol. The van der Waals surface area contributed by atoms with E-state index in [4.69, 9.17) is 0 Å². The largest absolute Gasteiger partial charge is 0.298 e. The van der Waals surface area contributed by atoms with Gasteiger partial charge in [0.05, 0.1) is 0 Å². The molecule has 0 fully saturated rings. The zero-order chi connectivity index (χ0) is 12.0. The van der Waals surface area contributed by atoms with Crippen LogP contribution in [0, 0.1) is 0 Å². The van der Waals surface area contributed by atoms with E-state index in [1.807, 2.05) is 0 Å². The van der Waals surface area contributed by atoms with Gasteiger partial charge >= 0.3 is 0 Å². The molecule has 0 aliphatic rings. The third-order valence-electron chi connectivity index (χ3n) is 2.11. The second-order valence-corrected chi connectivity index (χ2v) is 3.10. The van der Waals surface area contributed by atoms with Crippen LogP contribution in [-0.2, 0) is 0 Å². The monoisotopic (exact) mass is 212 g/mol. The van der Waals surface area contributed by atoms with Crippen molar-refractivity contribution in [3.8, 4) is 0 Å². The SMILES string of the molecule is C=C/C=C(\C=C)C(=O)c1ccccc1C=O. The lowest BCUT2D eigenvalue weighted by atomic mass is 9.99. The van der Waals surface area contributed by atoms with Crippen molar-refractivity contribution >= 4 is 12.1 Å². The van der Waals surface area contributed by atoms with Crippen LogP contribution in [0.3, 0.4) is 0 Å². The van der Waals surface area contributed by atoms with Crippen molar-refractivity contribution in [3.63, 3.8) is 0 Å². The van der Waals surface area contributed by atoms with Gasteiger partial charge in [0, 0.05) is 16.7 Å². The molecule has 0 radical (unpaired) electrons. The van der Waals surface area contributed by atoms with Crippen LogP contribution < -0.4 is 0 Å². The molecule has 0 aromatic heterocycles. The number of ketones is 1. The maximum atomic E-state index is 12.0. The third kappa shape index (κ3) is 2.42. The zero-order valence-electron chi connectivity index (χ0n) is 8.85. The van der Waals surface area contributed by atoms with Gasteiger partial charge in [0.1, 0.15) is 0 Å². The Balaban J connectivity index is 3.23. The molecule has 0 aliphatic carbocycles. The number of allylic oxidation sites excluding steroid dienone is 4. The van der Waals surface area contributed by atoms with Crippen molar-refractivity contribution in [1.82, 2.24) is 0 Å². The average Bonchev–Trinajstić information content (AvgIpc) is 2.35. The maximum absolute atomic E-state index is 12.0. The first kappa shape index (κ1) is 11.9. The molecule has 0 saturated carbocycles. The highest BCUT2D eigenvalue weighted by Gasteiger charge is 2.12. The molecule has 0 amide bonds. The topological polar surface area (TPSA) is 34.1 Å². The van der Waals surface area contributed by atoms with E-state index in [0.717, 1.165) is 0 Å². The number of carbonyl (C=O) groups is 2. The van der Waals surface area contributed by atoms with Crippen LogP contribution in [-0.4, -0.2) is 12.1 Å². The van der Waals surface area contributed by atoms with E-state index in [0.29, 0.717) is 23.0 Å². The Kier molecular flexibility index (Phi) is 4.16. The van der Waals surface area contributed by atoms with Crippen molar-refractivity contribution in [3.05, 3.63) is 72.4 Å². The summed E-state index contributed by atoms with van der Waals surface area (Å²) in [6.07, 6.45) is 5.20. The number of hydrogen-bond donors (Lipinski definition) is 0. The fraction of sp³-hybridized carbons (Fsp3) is 0. The molecule has 0 heterocycles. The number of Topliss-reactive ketones (excluding diaryl/α,β-unsaturated/α-hetero) is 1. The van der Waals surface area contributed by atoms with Gasteiger partial charge in [-0.3, -0.25) is 9.59 Å². The molecular weight excluding hydrogens is 200 g/mol. The van der Waals surface area contributed by atoms with Gasteiger partial charge in [-0.15, -0.1) is 0 Å². The van der Waals surface area contributed by atoms with E-state index in [2.05, 4.69) is 13.2 Å². The number of rotatable bonds is 5. The molecule has 16 heavy (non-hydrogen) atoms. The summed E-state index contributed by atoms with van der Waals surface area (Å²) >= 11 is 0. The lowest BCUT2D eigenvalue weighted by Crippen LogP contribution is -2.05. The van der Waals surface area contributed by atoms with Crippen LogP contribution in [0.5, 0.6) is 0 Å². The zero-order valence-corrected chi connectivity index (χ0v) is 8.85. The molecule has 1 rings (SSSR count). The Morgan fingerprint density at radius 3 is 2.44 bits per heavy atom. The summed E-state index contributed by atoms with van der Waals surface area (Å²) in [6.45, 7) is 7.08. The second-order valence-electron chi connectivity index (χ2n) is 3.10. The van der Waals surface area contributed by atoms with Gasteiger partial charge in [0.15, 0.2) is 12.1 Å². The van der Waals surface area contributed by atoms with Crippen LogP contribution in [0.25, 0.3) is 0 Å². The highest BCUT2D eigenvalue weighted by Crippen LogP contribution is 2.13. The summed E-state index contributed by atoms with van der Waals surface area (Å²) in [7, 11) is 0. The minimum absolute atomic E-state index is 0.224. The first-order valence-electron chi connectivity index (χ1n) is 4.78. The lowest BCUT2D eigenvalue weighted by molar-refractivity contribution is 0.102. The molecule has 0 N–H and O–H groups in total. The quantitative estimate of drug-likeness (QED) is 0.325. The summed E-state index contributed by atoms with van der Waals surface area (Å²) in [5.41, 5.74) is 1.18. The predicted octanol–water partition coefficient (Wildman–Crippen LogP) is 2.98. The molecule has 0 spiro atoms. The maximum Gasteiger partial charge on any atom is 0.193 e. The highest BCUT2D eigenvalue weighted by molar-refractivity contribution is 6.14. The molecule has 2 heteroatoms. The van der Waals surface area contributed by atoms with Crippen LogP contribution in [0.1, 0.15) is 20.7 Å². The Labute approximate surface area is 94.6 Å². The van der Waals surface area contributed by atoms with Gasteiger partial charge in [0.25, 0.3) is 0 Å². The van der Waals surface area contributed by atoms with E-state index in [1.165, 1.54) is 12.2 Å². The summed E-state index contributed by atoms with van der Waals surface area (Å²) in [5, 5.41) is 0. The van der Waals surface area contributed by atoms with Crippen molar-refractivity contribution < 1.29 is 9.59 Å². The first-order chi connectivity index (χ1) is 7.74. The Bertz CT molecular complexity index is 467. The molecule has 0 aliphatic heterocycles. The van der Waals surface area contributed by atoms with Crippen LogP contribution in [0.4, 0.5) is 0 Å². The molecule has 80 valence electrons. The third-order valence-corrected chi connectivity index (χ3v) is 2.11. The van der Waals surface area contributed by atoms with Gasteiger partial charge in [0.2, 0.25) is 0 Å². The smallest absolute Gasteiger partial charge is 0.193 e. The molecule has 0 unspecified atom stereocenters. The Morgan fingerprint density at radius 1 is 1.19 bits per heavy atom. The van der Waals surface area contributed by atoms with E-state index >= 15 is 0 Å². The minimum atomic E-state index is -0.224. The van der Waals surface area contributed by atoms with Gasteiger partial charge < -0.3 is 0 Å². The summed E-state index contributed by atoms with van der Waals surface area (Å²) < 4.78 is 0. The number of aldehydes is 1. The molecule has 0 bridgehead atoms. The number of carbonyl (C=O) groups excluding carboxylic acids is 2. The molecule has 0 saturated heterocycles. The fourth-order valence-electron chi connectivity index (χ4n) is 1.33. The van der Waals surface area contributed by atoms with Gasteiger partial charge in [-0.05, 0) is 0 Å². The predicted molar refractivity (Wildman–Crippen MR) is 64.6 cm³/mol. The van der Waals surface area contributed by atoms with Gasteiger partial charge in [-0.25, -0.2) is 0 Å². The van der Waals surface area contributed by atoms with Crippen LogP contribution in [0.2, 0.25) is 0 Å². The van der Waals surface area contributed by atoms with Crippen molar-refractivity contribution in [1.29, 1.82) is 0 Å². The second kappa shape index (κ2) is 5.61. The summed E-state index contributed by atoms with van der Waals surface area (Å²) in [5.74, 6) is -0.224. The normalized spacial score (nSPS) is 10.6. The molecule has 0 atom stereocenters. The van der Waals surface area contributed by atoms with Crippen molar-refractivity contribution in [2.24, 2.45) is 0 Å². The number of benzene rings is 1. The van der Waals surface area contributed by atoms with Crippen LogP contribution in [0.15, 0.2) is 61.2 Å². The fourth-order valence-corrected chi connectivity index (χ4v) is 1.33. The van der Waals surface area contributed by atoms with Gasteiger partial charge in [-0.1, -0.05) is 55.7 Å². The van der Waals surface area contributed by atoms with Crippen molar-refractivity contribution in [2.45, 2.75) is 0 Å². The van der Waals surface area contributed by atoms with E-state index < -0.39 is 0 Å². The van der Waals surface area contributed by atoms with E-state index in [-0.39, 0.29) is 5.78 Å². The molecule has 1 aromatic rings. The Hall–Kier alpha value is -2.22. The Morgan fingerprint density at radius 2 is 1.88 bits per heavy atom. The van der Waals surface area contributed by atoms with E-state index in [9.17, 15) is 9.59 Å². The standard InChI is InChI=1S/C14H12O2/c1-3-7-11(4-2)14(16)13-9-6-5-8-12(13)10-15/h3-10H,1-2H2/b11-7+. The summed E-state index contributed by atoms with van der Waals surface area (Å²) in [4.78, 5) is 22.8. The lowest BCUT2D eigenvalue weighted by Gasteiger charge is -2.03. The molecule has 1 aromatic carbocycles. The number of hydrogen-bond acceptors (Lipinski definition) is 2. The minimum Gasteiger partial charge on any atom is -0.298 e. The van der Waals surface area contributed by atoms with Gasteiger partial charge in [-0.2, -0.15) is 0 Å². The molecule has 2 nitrogen and oxygen atoms in total. The van der Waals surface area contributed by atoms with Crippen LogP contribution >= 0.6 is 0 Å². The first-order valence-corrected chi connectivity index (χ1v) is 4.78. The highest BCUT2D eigenvalue weighted by atomic mass is 16.1. The van der Waals surface area contributed by atoms with E-state index in [1.54, 1.807) is 30.3 Å².